The van der Waals surface area contributed by atoms with E-state index in [9.17, 15) is 17.6 Å². The molecule has 1 aromatic rings. The number of benzene rings is 1. The van der Waals surface area contributed by atoms with Crippen molar-refractivity contribution in [2.24, 2.45) is 5.92 Å². The number of nitrogens with zero attached hydrogens (tertiary/aromatic N) is 1. The number of rotatable bonds is 4. The van der Waals surface area contributed by atoms with Crippen LogP contribution in [0.25, 0.3) is 0 Å². The van der Waals surface area contributed by atoms with Crippen molar-refractivity contribution in [2.45, 2.75) is 13.0 Å². The first kappa shape index (κ1) is 15.7. The van der Waals surface area contributed by atoms with Crippen LogP contribution in [0.4, 0.5) is 4.39 Å². The van der Waals surface area contributed by atoms with E-state index in [1.807, 2.05) is 0 Å². The van der Waals surface area contributed by atoms with Gasteiger partial charge in [0.25, 0.3) is 0 Å². The summed E-state index contributed by atoms with van der Waals surface area (Å²) >= 11 is 3.09. The fraction of sp³-hybridized carbons (Fsp3) is 0.417. The van der Waals surface area contributed by atoms with Crippen molar-refractivity contribution in [1.29, 1.82) is 0 Å². The van der Waals surface area contributed by atoms with Gasteiger partial charge in [0.1, 0.15) is 5.82 Å². The van der Waals surface area contributed by atoms with Crippen LogP contribution in [-0.2, 0) is 20.4 Å². The number of hydrogen-bond donors (Lipinski definition) is 0. The first-order valence-corrected chi connectivity index (χ1v) is 9.16. The third-order valence-electron chi connectivity index (χ3n) is 3.09. The topological polar surface area (TPSA) is 54.5 Å². The number of amides is 1. The molecular weight excluding hydrogens is 373 g/mol. The lowest BCUT2D eigenvalue weighted by atomic mass is 10.1. The van der Waals surface area contributed by atoms with E-state index in [2.05, 4.69) is 15.9 Å². The smallest absolute Gasteiger partial charge is 0.232 e. The van der Waals surface area contributed by atoms with E-state index in [1.54, 1.807) is 17.0 Å². The fourth-order valence-electron chi connectivity index (χ4n) is 2.26. The molecule has 110 valence electrons. The molecule has 1 atom stereocenters. The largest absolute Gasteiger partial charge is 0.338 e. The minimum atomic E-state index is -3.60. The van der Waals surface area contributed by atoms with Gasteiger partial charge in [-0.3, -0.25) is 4.79 Å². The predicted octanol–water partition coefficient (Wildman–Crippen LogP) is 2.51. The van der Waals surface area contributed by atoms with Crippen molar-refractivity contribution < 1.29 is 17.6 Å². The Kier molecular flexibility index (Phi) is 4.71. The standard InChI is InChI=1S/C12H12BrClFNO3S/c13-10-3-8(1-2-11(10)15)5-16-6-9(4-12(16)17)7-20(14,18)19/h1-3,9H,4-7H2. The number of likely N-dealkylation sites (tertiary alicyclic amines) is 1. The highest BCUT2D eigenvalue weighted by Crippen LogP contribution is 2.24. The molecule has 8 heteroatoms. The van der Waals surface area contributed by atoms with Crippen molar-refractivity contribution in [3.63, 3.8) is 0 Å². The molecule has 1 heterocycles. The van der Waals surface area contributed by atoms with Gasteiger partial charge in [-0.25, -0.2) is 12.8 Å². The van der Waals surface area contributed by atoms with Gasteiger partial charge in [-0.2, -0.15) is 0 Å². The maximum Gasteiger partial charge on any atom is 0.232 e. The summed E-state index contributed by atoms with van der Waals surface area (Å²) in [4.78, 5) is 13.4. The van der Waals surface area contributed by atoms with Crippen LogP contribution >= 0.6 is 26.6 Å². The van der Waals surface area contributed by atoms with Gasteiger partial charge in [0, 0.05) is 36.1 Å². The van der Waals surface area contributed by atoms with Crippen molar-refractivity contribution in [3.8, 4) is 0 Å². The zero-order valence-electron chi connectivity index (χ0n) is 10.4. The summed E-state index contributed by atoms with van der Waals surface area (Å²) in [6.45, 7) is 0.677. The van der Waals surface area contributed by atoms with Gasteiger partial charge >= 0.3 is 0 Å². The molecule has 0 bridgehead atoms. The molecule has 0 radical (unpaired) electrons. The van der Waals surface area contributed by atoms with Crippen LogP contribution in [0.3, 0.4) is 0 Å². The molecule has 0 saturated carbocycles. The second-order valence-corrected chi connectivity index (χ2v) is 8.47. The lowest BCUT2D eigenvalue weighted by molar-refractivity contribution is -0.128. The predicted molar refractivity (Wildman–Crippen MR) is 77.3 cm³/mol. The second-order valence-electron chi connectivity index (χ2n) is 4.80. The third-order valence-corrected chi connectivity index (χ3v) is 4.94. The van der Waals surface area contributed by atoms with E-state index in [4.69, 9.17) is 10.7 Å². The molecule has 1 aliphatic heterocycles. The van der Waals surface area contributed by atoms with E-state index in [-0.39, 0.29) is 29.8 Å². The molecule has 2 rings (SSSR count). The Labute approximate surface area is 129 Å². The van der Waals surface area contributed by atoms with Crippen molar-refractivity contribution in [2.75, 3.05) is 12.3 Å². The first-order chi connectivity index (χ1) is 9.24. The van der Waals surface area contributed by atoms with Gasteiger partial charge in [-0.1, -0.05) is 6.07 Å². The molecule has 20 heavy (non-hydrogen) atoms. The zero-order chi connectivity index (χ0) is 14.9. The van der Waals surface area contributed by atoms with Crippen LogP contribution in [-0.4, -0.2) is 31.5 Å². The Balaban J connectivity index is 2.03. The fourth-order valence-corrected chi connectivity index (χ4v) is 4.01. The van der Waals surface area contributed by atoms with Gasteiger partial charge in [-0.05, 0) is 33.6 Å². The lowest BCUT2D eigenvalue weighted by Gasteiger charge is -2.16. The third kappa shape index (κ3) is 4.17. The van der Waals surface area contributed by atoms with Crippen LogP contribution < -0.4 is 0 Å². The van der Waals surface area contributed by atoms with Crippen LogP contribution in [0.15, 0.2) is 22.7 Å². The number of hydrogen-bond acceptors (Lipinski definition) is 3. The van der Waals surface area contributed by atoms with Gasteiger partial charge in [0.2, 0.25) is 15.0 Å². The highest BCUT2D eigenvalue weighted by Gasteiger charge is 2.32. The van der Waals surface area contributed by atoms with E-state index in [0.717, 1.165) is 5.56 Å². The van der Waals surface area contributed by atoms with Gasteiger partial charge in [0.05, 0.1) is 10.2 Å². The normalized spacial score (nSPS) is 19.6. The van der Waals surface area contributed by atoms with Crippen molar-refractivity contribution in [1.82, 2.24) is 4.90 Å². The van der Waals surface area contributed by atoms with E-state index in [0.29, 0.717) is 17.6 Å². The van der Waals surface area contributed by atoms with Gasteiger partial charge in [0.15, 0.2) is 0 Å². The Bertz CT molecular complexity index is 638. The van der Waals surface area contributed by atoms with E-state index < -0.39 is 9.05 Å². The summed E-state index contributed by atoms with van der Waals surface area (Å²) in [5.74, 6) is -0.971. The summed E-state index contributed by atoms with van der Waals surface area (Å²) in [6.07, 6.45) is 0.175. The monoisotopic (exact) mass is 383 g/mol. The Hall–Kier alpha value is -0.660. The van der Waals surface area contributed by atoms with Crippen LogP contribution in [0.1, 0.15) is 12.0 Å². The molecule has 1 unspecified atom stereocenters. The molecule has 1 aromatic carbocycles. The van der Waals surface area contributed by atoms with Crippen molar-refractivity contribution in [3.05, 3.63) is 34.1 Å². The van der Waals surface area contributed by atoms with Crippen LogP contribution in [0.5, 0.6) is 0 Å². The molecule has 1 amide bonds. The summed E-state index contributed by atoms with van der Waals surface area (Å²) in [7, 11) is 1.60. The van der Waals surface area contributed by atoms with E-state index >= 15 is 0 Å². The Morgan fingerprint density at radius 1 is 1.45 bits per heavy atom. The highest BCUT2D eigenvalue weighted by atomic mass is 79.9. The summed E-state index contributed by atoms with van der Waals surface area (Å²) in [5.41, 5.74) is 0.779. The van der Waals surface area contributed by atoms with E-state index in [1.165, 1.54) is 6.07 Å². The van der Waals surface area contributed by atoms with Crippen LogP contribution in [0, 0.1) is 11.7 Å². The number of carbonyl (C=O) groups excluding carboxylic acids is 1. The highest BCUT2D eigenvalue weighted by molar-refractivity contribution is 9.10. The summed E-state index contributed by atoms with van der Waals surface area (Å²) in [6, 6.07) is 4.52. The van der Waals surface area contributed by atoms with Gasteiger partial charge in [-0.15, -0.1) is 0 Å². The maximum atomic E-state index is 13.1. The molecule has 1 aliphatic rings. The van der Waals surface area contributed by atoms with Crippen LogP contribution in [0.2, 0.25) is 0 Å². The molecule has 4 nitrogen and oxygen atoms in total. The van der Waals surface area contributed by atoms with Crippen molar-refractivity contribution >= 4 is 41.6 Å². The molecule has 0 N–H and O–H groups in total. The Morgan fingerprint density at radius 3 is 2.75 bits per heavy atom. The second kappa shape index (κ2) is 5.99. The molecule has 0 aliphatic carbocycles. The van der Waals surface area contributed by atoms with Gasteiger partial charge < -0.3 is 4.90 Å². The molecule has 1 fully saturated rings. The molecular formula is C12H12BrClFNO3S. The number of halogens is 3. The maximum absolute atomic E-state index is 13.1. The first-order valence-electron chi connectivity index (χ1n) is 5.88. The average Bonchev–Trinajstić information content (AvgIpc) is 2.62. The Morgan fingerprint density at radius 2 is 2.15 bits per heavy atom. The molecule has 0 spiro atoms. The quantitative estimate of drug-likeness (QED) is 0.750. The molecule has 1 saturated heterocycles. The zero-order valence-corrected chi connectivity index (χ0v) is 13.5. The average molecular weight is 385 g/mol. The molecule has 0 aromatic heterocycles. The summed E-state index contributed by atoms with van der Waals surface area (Å²) in [5, 5.41) is 0. The summed E-state index contributed by atoms with van der Waals surface area (Å²) < 4.78 is 35.5. The number of carbonyl (C=O) groups is 1. The lowest BCUT2D eigenvalue weighted by Crippen LogP contribution is -2.25. The SMILES string of the molecule is O=C1CC(CS(=O)(=O)Cl)CN1Cc1ccc(F)c(Br)c1. The minimum absolute atomic E-state index is 0.115. The minimum Gasteiger partial charge on any atom is -0.338 e.